The highest BCUT2D eigenvalue weighted by Gasteiger charge is 2.59. The SMILES string of the molecule is FC(C(F)(F)F)C(F)(F)Oc1cccc(C(Cl)Cl)c1. The first-order valence-electron chi connectivity index (χ1n) is 4.70. The van der Waals surface area contributed by atoms with Gasteiger partial charge >= 0.3 is 12.3 Å². The van der Waals surface area contributed by atoms with Crippen LogP contribution in [0.15, 0.2) is 24.3 Å². The van der Waals surface area contributed by atoms with E-state index in [0.717, 1.165) is 12.1 Å². The van der Waals surface area contributed by atoms with Crippen molar-refractivity contribution < 1.29 is 31.1 Å². The second-order valence-electron chi connectivity index (χ2n) is 3.44. The van der Waals surface area contributed by atoms with Gasteiger partial charge in [0.2, 0.25) is 0 Å². The van der Waals surface area contributed by atoms with Gasteiger partial charge in [-0.15, -0.1) is 23.2 Å². The largest absolute Gasteiger partial charge is 0.439 e. The third-order valence-corrected chi connectivity index (χ3v) is 2.45. The summed E-state index contributed by atoms with van der Waals surface area (Å²) < 4.78 is 77.8. The summed E-state index contributed by atoms with van der Waals surface area (Å²) in [6.45, 7) is 0. The fraction of sp³-hybridized carbons (Fsp3) is 0.400. The quantitative estimate of drug-likeness (QED) is 0.556. The summed E-state index contributed by atoms with van der Waals surface area (Å²) in [5, 5.41) is 0. The molecule has 9 heteroatoms. The van der Waals surface area contributed by atoms with E-state index in [1.54, 1.807) is 0 Å². The van der Waals surface area contributed by atoms with E-state index in [9.17, 15) is 26.3 Å². The Balaban J connectivity index is 2.92. The first kappa shape index (κ1) is 16.2. The average Bonchev–Trinajstić information content (AvgIpc) is 2.26. The van der Waals surface area contributed by atoms with Crippen molar-refractivity contribution in [3.63, 3.8) is 0 Å². The molecule has 19 heavy (non-hydrogen) atoms. The number of hydrogen-bond acceptors (Lipinski definition) is 1. The molecule has 1 aromatic rings. The lowest BCUT2D eigenvalue weighted by Gasteiger charge is -2.23. The molecule has 0 aromatic heterocycles. The Bertz CT molecular complexity index is 434. The molecule has 108 valence electrons. The molecule has 0 aliphatic rings. The first-order chi connectivity index (χ1) is 8.54. The zero-order valence-corrected chi connectivity index (χ0v) is 10.4. The van der Waals surface area contributed by atoms with Gasteiger partial charge in [-0.3, -0.25) is 0 Å². The summed E-state index contributed by atoms with van der Waals surface area (Å²) in [7, 11) is 0. The first-order valence-corrected chi connectivity index (χ1v) is 5.57. The monoisotopic (exact) mass is 326 g/mol. The van der Waals surface area contributed by atoms with Crippen molar-refractivity contribution in [3.8, 4) is 5.75 Å². The van der Waals surface area contributed by atoms with Crippen LogP contribution in [-0.2, 0) is 0 Å². The van der Waals surface area contributed by atoms with Crippen molar-refractivity contribution in [2.45, 2.75) is 23.3 Å². The second kappa shape index (κ2) is 5.66. The fourth-order valence-corrected chi connectivity index (χ4v) is 1.38. The molecule has 0 heterocycles. The fourth-order valence-electron chi connectivity index (χ4n) is 1.11. The third-order valence-electron chi connectivity index (χ3n) is 1.95. The molecule has 0 fully saturated rings. The Hall–Kier alpha value is -0.820. The molecule has 0 N–H and O–H groups in total. The zero-order chi connectivity index (χ0) is 14.8. The summed E-state index contributed by atoms with van der Waals surface area (Å²) in [5.74, 6) is -0.680. The Morgan fingerprint density at radius 2 is 1.63 bits per heavy atom. The van der Waals surface area contributed by atoms with E-state index < -0.39 is 29.0 Å². The van der Waals surface area contributed by atoms with Crippen molar-refractivity contribution >= 4 is 23.2 Å². The zero-order valence-electron chi connectivity index (χ0n) is 8.90. The molecule has 1 atom stereocenters. The summed E-state index contributed by atoms with van der Waals surface area (Å²) in [6, 6.07) is 4.34. The summed E-state index contributed by atoms with van der Waals surface area (Å²) in [6.07, 6.45) is -15.2. The molecule has 0 amide bonds. The van der Waals surface area contributed by atoms with E-state index in [-0.39, 0.29) is 5.56 Å². The maximum atomic E-state index is 12.9. The third kappa shape index (κ3) is 4.35. The maximum absolute atomic E-state index is 12.9. The normalized spacial score (nSPS) is 14.6. The number of hydrogen-bond donors (Lipinski definition) is 0. The number of alkyl halides is 8. The van der Waals surface area contributed by atoms with E-state index in [2.05, 4.69) is 4.74 Å². The van der Waals surface area contributed by atoms with Crippen LogP contribution in [0, 0.1) is 0 Å². The Kier molecular flexibility index (Phi) is 4.84. The Morgan fingerprint density at radius 1 is 1.05 bits per heavy atom. The van der Waals surface area contributed by atoms with Crippen molar-refractivity contribution in [2.75, 3.05) is 0 Å². The topological polar surface area (TPSA) is 9.23 Å². The van der Waals surface area contributed by atoms with E-state index in [4.69, 9.17) is 23.2 Å². The van der Waals surface area contributed by atoms with Gasteiger partial charge in [0.1, 0.15) is 10.6 Å². The number of ether oxygens (including phenoxy) is 1. The van der Waals surface area contributed by atoms with Gasteiger partial charge in [-0.1, -0.05) is 12.1 Å². The number of benzene rings is 1. The van der Waals surface area contributed by atoms with Crippen molar-refractivity contribution in [3.05, 3.63) is 29.8 Å². The van der Waals surface area contributed by atoms with Crippen LogP contribution >= 0.6 is 23.2 Å². The minimum atomic E-state index is -5.73. The minimum Gasteiger partial charge on any atom is -0.430 e. The standard InChI is InChI=1S/C10H6Cl2F6O/c11-7(12)5-2-1-3-6(4-5)19-10(17,18)8(13)9(14,15)16/h1-4,7-8H. The van der Waals surface area contributed by atoms with Crippen molar-refractivity contribution in [2.24, 2.45) is 0 Å². The van der Waals surface area contributed by atoms with Crippen LogP contribution in [0.25, 0.3) is 0 Å². The lowest BCUT2D eigenvalue weighted by molar-refractivity contribution is -0.304. The van der Waals surface area contributed by atoms with Gasteiger partial charge in [-0.2, -0.15) is 22.0 Å². The van der Waals surface area contributed by atoms with Gasteiger partial charge in [0.05, 0.1) is 0 Å². The maximum Gasteiger partial charge on any atom is 0.439 e. The minimum absolute atomic E-state index is 0.124. The van der Waals surface area contributed by atoms with Gasteiger partial charge in [0.15, 0.2) is 0 Å². The van der Waals surface area contributed by atoms with Gasteiger partial charge < -0.3 is 4.74 Å². The molecule has 1 aromatic carbocycles. The van der Waals surface area contributed by atoms with Crippen molar-refractivity contribution in [1.29, 1.82) is 0 Å². The summed E-state index contributed by atoms with van der Waals surface area (Å²) in [4.78, 5) is -1.08. The van der Waals surface area contributed by atoms with Crippen LogP contribution < -0.4 is 4.74 Å². The predicted molar refractivity (Wildman–Crippen MR) is 57.4 cm³/mol. The molecular weight excluding hydrogens is 321 g/mol. The second-order valence-corrected chi connectivity index (χ2v) is 4.54. The highest BCUT2D eigenvalue weighted by atomic mass is 35.5. The summed E-state index contributed by atoms with van der Waals surface area (Å²) in [5.41, 5.74) is 0.124. The van der Waals surface area contributed by atoms with E-state index in [1.807, 2.05) is 0 Å². The van der Waals surface area contributed by atoms with Crippen LogP contribution in [0.5, 0.6) is 5.75 Å². The van der Waals surface area contributed by atoms with Gasteiger partial charge in [0, 0.05) is 0 Å². The lowest BCUT2D eigenvalue weighted by atomic mass is 10.2. The van der Waals surface area contributed by atoms with Gasteiger partial charge in [-0.05, 0) is 17.7 Å². The molecule has 0 spiro atoms. The molecule has 1 unspecified atom stereocenters. The van der Waals surface area contributed by atoms with Crippen LogP contribution in [-0.4, -0.2) is 18.5 Å². The molecule has 1 rings (SSSR count). The smallest absolute Gasteiger partial charge is 0.430 e. The van der Waals surface area contributed by atoms with Gasteiger partial charge in [0.25, 0.3) is 6.17 Å². The molecule has 0 aliphatic heterocycles. The molecule has 0 bridgehead atoms. The molecule has 0 saturated carbocycles. The Labute approximate surface area is 114 Å². The lowest BCUT2D eigenvalue weighted by Crippen LogP contribution is -2.45. The van der Waals surface area contributed by atoms with Gasteiger partial charge in [-0.25, -0.2) is 4.39 Å². The highest BCUT2D eigenvalue weighted by Crippen LogP contribution is 2.37. The van der Waals surface area contributed by atoms with E-state index in [0.29, 0.717) is 0 Å². The molecule has 0 radical (unpaired) electrons. The molecule has 0 saturated heterocycles. The number of halogens is 8. The molecule has 0 aliphatic carbocycles. The molecule has 1 nitrogen and oxygen atoms in total. The number of rotatable bonds is 4. The van der Waals surface area contributed by atoms with Crippen LogP contribution in [0.2, 0.25) is 0 Å². The van der Waals surface area contributed by atoms with Crippen molar-refractivity contribution in [1.82, 2.24) is 0 Å². The van der Waals surface area contributed by atoms with Crippen LogP contribution in [0.4, 0.5) is 26.3 Å². The predicted octanol–water partition coefficient (Wildman–Crippen LogP) is 5.03. The Morgan fingerprint density at radius 3 is 2.11 bits per heavy atom. The molecular formula is C10H6Cl2F6O. The van der Waals surface area contributed by atoms with Crippen LogP contribution in [0.1, 0.15) is 10.4 Å². The highest BCUT2D eigenvalue weighted by molar-refractivity contribution is 6.44. The summed E-state index contributed by atoms with van der Waals surface area (Å²) >= 11 is 10.9. The van der Waals surface area contributed by atoms with E-state index in [1.165, 1.54) is 12.1 Å². The van der Waals surface area contributed by atoms with E-state index >= 15 is 0 Å². The average molecular weight is 327 g/mol. The van der Waals surface area contributed by atoms with Crippen LogP contribution in [0.3, 0.4) is 0 Å².